The summed E-state index contributed by atoms with van der Waals surface area (Å²) in [5.41, 5.74) is 4.66. The van der Waals surface area contributed by atoms with E-state index in [9.17, 15) is 0 Å². The van der Waals surface area contributed by atoms with E-state index in [4.69, 9.17) is 0 Å². The van der Waals surface area contributed by atoms with Crippen LogP contribution < -0.4 is 5.01 Å². The van der Waals surface area contributed by atoms with Crippen LogP contribution in [0.15, 0.2) is 79.5 Å². The predicted octanol–water partition coefficient (Wildman–Crippen LogP) is 5.28. The monoisotopic (exact) mass is 354 g/mol. The fourth-order valence-corrected chi connectivity index (χ4v) is 3.27. The van der Waals surface area contributed by atoms with Crippen LogP contribution in [0, 0.1) is 0 Å². The number of benzene rings is 1. The van der Waals surface area contributed by atoms with E-state index in [-0.39, 0.29) is 0 Å². The first kappa shape index (κ1) is 17.0. The molecule has 0 bridgehead atoms. The number of hydrogen-bond acceptors (Lipinski definition) is 3. The average Bonchev–Trinajstić information content (AvgIpc) is 3.10. The molecule has 0 fully saturated rings. The summed E-state index contributed by atoms with van der Waals surface area (Å²) in [7, 11) is 0. The highest BCUT2D eigenvalue weighted by atomic mass is 15.5. The lowest BCUT2D eigenvalue weighted by Gasteiger charge is -2.26. The molecule has 0 aliphatic rings. The summed E-state index contributed by atoms with van der Waals surface area (Å²) in [5.74, 6) is 0. The van der Waals surface area contributed by atoms with Gasteiger partial charge < -0.3 is 0 Å². The highest BCUT2D eigenvalue weighted by Gasteiger charge is 2.13. The van der Waals surface area contributed by atoms with E-state index in [1.165, 1.54) is 16.5 Å². The Balaban J connectivity index is 1.80. The number of para-hydroxylation sites is 1. The van der Waals surface area contributed by atoms with Crippen molar-refractivity contribution >= 4 is 28.7 Å². The molecule has 4 rings (SSSR count). The number of aromatic nitrogens is 3. The van der Waals surface area contributed by atoms with E-state index >= 15 is 0 Å². The number of anilines is 1. The lowest BCUT2D eigenvalue weighted by atomic mass is 10.1. The molecular weight excluding hydrogens is 332 g/mol. The number of hydrogen-bond donors (Lipinski definition) is 0. The summed E-state index contributed by atoms with van der Waals surface area (Å²) in [6.07, 6.45) is 14.9. The smallest absolute Gasteiger partial charge is 0.0704 e. The molecule has 0 amide bonds. The van der Waals surface area contributed by atoms with Crippen molar-refractivity contribution in [2.24, 2.45) is 0 Å². The molecule has 0 atom stereocenters. The Bertz CT molecular complexity index is 1040. The van der Waals surface area contributed by atoms with Gasteiger partial charge in [-0.25, -0.2) is 0 Å². The zero-order valence-corrected chi connectivity index (χ0v) is 15.4. The highest BCUT2D eigenvalue weighted by Crippen LogP contribution is 2.26. The van der Waals surface area contributed by atoms with Crippen LogP contribution in [0.1, 0.15) is 24.5 Å². The first-order valence-corrected chi connectivity index (χ1v) is 9.23. The maximum absolute atomic E-state index is 4.16. The SMILES string of the molecule is CCCN(c1ccncc1)n1cc(/C=C/c2ccncc2)c2ccccc21. The van der Waals surface area contributed by atoms with Gasteiger partial charge in [0.05, 0.1) is 11.2 Å². The van der Waals surface area contributed by atoms with Crippen molar-refractivity contribution in [3.63, 3.8) is 0 Å². The molecule has 0 unspecified atom stereocenters. The molecule has 27 heavy (non-hydrogen) atoms. The van der Waals surface area contributed by atoms with Gasteiger partial charge in [0.2, 0.25) is 0 Å². The fourth-order valence-electron chi connectivity index (χ4n) is 3.27. The minimum atomic E-state index is 0.927. The molecule has 3 heterocycles. The Kier molecular flexibility index (Phi) is 4.97. The third kappa shape index (κ3) is 3.60. The summed E-state index contributed by atoms with van der Waals surface area (Å²) in [6, 6.07) is 16.6. The van der Waals surface area contributed by atoms with E-state index in [0.29, 0.717) is 0 Å². The van der Waals surface area contributed by atoms with Gasteiger partial charge in [0.1, 0.15) is 0 Å². The first-order chi connectivity index (χ1) is 13.4. The Morgan fingerprint density at radius 1 is 0.889 bits per heavy atom. The normalized spacial score (nSPS) is 11.3. The minimum absolute atomic E-state index is 0.927. The summed E-state index contributed by atoms with van der Waals surface area (Å²) < 4.78 is 2.25. The maximum Gasteiger partial charge on any atom is 0.0704 e. The summed E-state index contributed by atoms with van der Waals surface area (Å²) in [5, 5.41) is 3.53. The molecule has 134 valence electrons. The number of fused-ring (bicyclic) bond motifs is 1. The molecule has 4 heteroatoms. The third-order valence-corrected chi connectivity index (χ3v) is 4.54. The quantitative estimate of drug-likeness (QED) is 0.472. The molecular formula is C23H22N4. The summed E-state index contributed by atoms with van der Waals surface area (Å²) >= 11 is 0. The van der Waals surface area contributed by atoms with Crippen molar-refractivity contribution in [2.75, 3.05) is 11.6 Å². The van der Waals surface area contributed by atoms with Gasteiger partial charge in [-0.2, -0.15) is 0 Å². The summed E-state index contributed by atoms with van der Waals surface area (Å²) in [6.45, 7) is 3.13. The van der Waals surface area contributed by atoms with Crippen LogP contribution in [0.3, 0.4) is 0 Å². The average molecular weight is 354 g/mol. The van der Waals surface area contributed by atoms with Crippen LogP contribution in [-0.4, -0.2) is 21.2 Å². The maximum atomic E-state index is 4.16. The lowest BCUT2D eigenvalue weighted by Crippen LogP contribution is -2.29. The van der Waals surface area contributed by atoms with Crippen molar-refractivity contribution in [3.8, 4) is 0 Å². The van der Waals surface area contributed by atoms with Gasteiger partial charge in [0.15, 0.2) is 0 Å². The van der Waals surface area contributed by atoms with E-state index in [2.05, 4.69) is 81.3 Å². The van der Waals surface area contributed by atoms with Crippen molar-refractivity contribution in [1.29, 1.82) is 0 Å². The lowest BCUT2D eigenvalue weighted by molar-refractivity contribution is 0.695. The molecule has 0 spiro atoms. The van der Waals surface area contributed by atoms with Gasteiger partial charge in [-0.3, -0.25) is 19.7 Å². The molecule has 0 radical (unpaired) electrons. The predicted molar refractivity (Wildman–Crippen MR) is 112 cm³/mol. The van der Waals surface area contributed by atoms with Gasteiger partial charge >= 0.3 is 0 Å². The van der Waals surface area contributed by atoms with Crippen molar-refractivity contribution in [2.45, 2.75) is 13.3 Å². The zero-order valence-electron chi connectivity index (χ0n) is 15.4. The molecule has 4 aromatic rings. The van der Waals surface area contributed by atoms with Crippen LogP contribution in [0.25, 0.3) is 23.1 Å². The Morgan fingerprint density at radius 2 is 1.59 bits per heavy atom. The second-order valence-corrected chi connectivity index (χ2v) is 6.39. The molecule has 0 N–H and O–H groups in total. The van der Waals surface area contributed by atoms with Gasteiger partial charge in [-0.15, -0.1) is 0 Å². The largest absolute Gasteiger partial charge is 0.281 e. The fraction of sp³-hybridized carbons (Fsp3) is 0.130. The van der Waals surface area contributed by atoms with Gasteiger partial charge in [0, 0.05) is 48.5 Å². The van der Waals surface area contributed by atoms with E-state index in [0.717, 1.165) is 24.2 Å². The van der Waals surface area contributed by atoms with Gasteiger partial charge in [-0.1, -0.05) is 37.3 Å². The van der Waals surface area contributed by atoms with Gasteiger partial charge in [-0.05, 0) is 42.3 Å². The van der Waals surface area contributed by atoms with Crippen molar-refractivity contribution in [3.05, 3.63) is 90.6 Å². The number of nitrogens with zero attached hydrogens (tertiary/aromatic N) is 4. The Morgan fingerprint density at radius 3 is 2.33 bits per heavy atom. The standard InChI is InChI=1S/C23H22N4/c1-2-17-26(21-11-15-25-16-12-21)27-18-20(22-5-3-4-6-23(22)27)8-7-19-9-13-24-14-10-19/h3-16,18H,2,17H2,1H3/b8-7+. The minimum Gasteiger partial charge on any atom is -0.281 e. The van der Waals surface area contributed by atoms with Crippen LogP contribution in [0.5, 0.6) is 0 Å². The topological polar surface area (TPSA) is 34.0 Å². The van der Waals surface area contributed by atoms with E-state index in [1.54, 1.807) is 0 Å². The highest BCUT2D eigenvalue weighted by molar-refractivity contribution is 5.92. The molecule has 3 aromatic heterocycles. The van der Waals surface area contributed by atoms with Crippen molar-refractivity contribution < 1.29 is 0 Å². The van der Waals surface area contributed by atoms with Crippen LogP contribution in [0.4, 0.5) is 5.69 Å². The molecule has 0 aliphatic heterocycles. The second kappa shape index (κ2) is 7.87. The van der Waals surface area contributed by atoms with Crippen LogP contribution >= 0.6 is 0 Å². The van der Waals surface area contributed by atoms with E-state index < -0.39 is 0 Å². The Hall–Kier alpha value is -3.40. The number of pyridine rings is 2. The van der Waals surface area contributed by atoms with Crippen molar-refractivity contribution in [1.82, 2.24) is 14.6 Å². The second-order valence-electron chi connectivity index (χ2n) is 6.39. The van der Waals surface area contributed by atoms with Gasteiger partial charge in [0.25, 0.3) is 0 Å². The zero-order chi connectivity index (χ0) is 18.5. The molecule has 4 nitrogen and oxygen atoms in total. The van der Waals surface area contributed by atoms with E-state index in [1.807, 2.05) is 36.9 Å². The van der Waals surface area contributed by atoms with Crippen LogP contribution in [0.2, 0.25) is 0 Å². The summed E-state index contributed by atoms with van der Waals surface area (Å²) in [4.78, 5) is 8.24. The molecule has 0 saturated carbocycles. The third-order valence-electron chi connectivity index (χ3n) is 4.54. The number of rotatable bonds is 6. The molecule has 0 saturated heterocycles. The first-order valence-electron chi connectivity index (χ1n) is 9.23. The molecule has 1 aromatic carbocycles. The Labute approximate surface area is 159 Å². The van der Waals surface area contributed by atoms with Crippen LogP contribution in [-0.2, 0) is 0 Å². The molecule has 0 aliphatic carbocycles.